The summed E-state index contributed by atoms with van der Waals surface area (Å²) in [6.07, 6.45) is -4.62. The van der Waals surface area contributed by atoms with Crippen LogP contribution >= 0.6 is 0 Å². The molecule has 0 N–H and O–H groups in total. The van der Waals surface area contributed by atoms with E-state index in [9.17, 15) is 22.8 Å². The highest BCUT2D eigenvalue weighted by molar-refractivity contribution is 5.94. The molecule has 1 aromatic heterocycles. The largest absolute Gasteiger partial charge is 0.573 e. The van der Waals surface area contributed by atoms with Crippen LogP contribution in [0.1, 0.15) is 22.5 Å². The lowest BCUT2D eigenvalue weighted by atomic mass is 10.2. The van der Waals surface area contributed by atoms with Crippen molar-refractivity contribution in [3.63, 3.8) is 0 Å². The number of ether oxygens (including phenoxy) is 2. The Morgan fingerprint density at radius 2 is 2.00 bits per heavy atom. The lowest BCUT2D eigenvalue weighted by Gasteiger charge is -2.18. The molecular weight excluding hydrogens is 367 g/mol. The highest BCUT2D eigenvalue weighted by Gasteiger charge is 2.32. The summed E-state index contributed by atoms with van der Waals surface area (Å²) in [6, 6.07) is 7.72. The van der Waals surface area contributed by atoms with Crippen molar-refractivity contribution in [1.29, 1.82) is 0 Å². The van der Waals surface area contributed by atoms with E-state index in [0.29, 0.717) is 24.5 Å². The minimum absolute atomic E-state index is 0.0913. The summed E-state index contributed by atoms with van der Waals surface area (Å²) in [4.78, 5) is 25.4. The Kier molecular flexibility index (Phi) is 5.11. The topological polar surface area (TPSA) is 69.0 Å². The maximum absolute atomic E-state index is 12.5. The van der Waals surface area contributed by atoms with Crippen LogP contribution in [-0.4, -0.2) is 36.4 Å². The van der Waals surface area contributed by atoms with Crippen LogP contribution in [0.15, 0.2) is 45.6 Å². The zero-order chi connectivity index (χ0) is 19.6. The molecule has 3 rings (SSSR count). The number of nitrogens with zero attached hydrogens (tertiary/aromatic N) is 1. The Hall–Kier alpha value is -2.97. The molecule has 1 amide bonds. The first-order valence-electron chi connectivity index (χ1n) is 8.13. The predicted octanol–water partition coefficient (Wildman–Crippen LogP) is 3.14. The van der Waals surface area contributed by atoms with Crippen LogP contribution in [-0.2, 0) is 0 Å². The van der Waals surface area contributed by atoms with Gasteiger partial charge in [0.05, 0.1) is 12.6 Å². The summed E-state index contributed by atoms with van der Waals surface area (Å²) in [5.41, 5.74) is -0.439. The molecule has 1 aliphatic rings. The molecule has 1 fully saturated rings. The number of carbonyl (C=O) groups excluding carboxylic acids is 1. The first-order valence-corrected chi connectivity index (χ1v) is 8.13. The van der Waals surface area contributed by atoms with Crippen molar-refractivity contribution in [2.75, 3.05) is 13.1 Å². The summed E-state index contributed by atoms with van der Waals surface area (Å²) < 4.78 is 51.4. The average Bonchev–Trinajstić information content (AvgIpc) is 3.00. The standard InChI is InChI=1S/C18H16F3NO5/c1-11-7-15(9-16(23)25-11)26-14-5-6-22(10-14)17(24)12-3-2-4-13(8-12)27-18(19,20)21/h2-4,7-9,14H,5-6,10H2,1H3/t14-/m1/s1. The number of alkyl halides is 3. The summed E-state index contributed by atoms with van der Waals surface area (Å²) in [5, 5.41) is 0. The van der Waals surface area contributed by atoms with Crippen molar-refractivity contribution >= 4 is 5.91 Å². The first-order chi connectivity index (χ1) is 12.7. The van der Waals surface area contributed by atoms with Gasteiger partial charge < -0.3 is 18.8 Å². The third kappa shape index (κ3) is 5.02. The van der Waals surface area contributed by atoms with Gasteiger partial charge in [-0.3, -0.25) is 4.79 Å². The minimum Gasteiger partial charge on any atom is -0.488 e. The second kappa shape index (κ2) is 7.34. The maximum Gasteiger partial charge on any atom is 0.573 e. The molecule has 9 heteroatoms. The van der Waals surface area contributed by atoms with Gasteiger partial charge in [0.2, 0.25) is 0 Å². The Balaban J connectivity index is 1.65. The van der Waals surface area contributed by atoms with E-state index in [2.05, 4.69) is 4.74 Å². The molecule has 1 aliphatic heterocycles. The van der Waals surface area contributed by atoms with Crippen LogP contribution in [0.5, 0.6) is 11.5 Å². The van der Waals surface area contributed by atoms with E-state index in [-0.39, 0.29) is 18.2 Å². The SMILES string of the molecule is Cc1cc(O[C@@H]2CCN(C(=O)c3cccc(OC(F)(F)F)c3)C2)cc(=O)o1. The zero-order valence-corrected chi connectivity index (χ0v) is 14.3. The summed E-state index contributed by atoms with van der Waals surface area (Å²) >= 11 is 0. The van der Waals surface area contributed by atoms with E-state index in [0.717, 1.165) is 12.1 Å². The summed E-state index contributed by atoms with van der Waals surface area (Å²) in [5.74, 6) is -0.113. The van der Waals surface area contributed by atoms with Gasteiger partial charge in [-0.15, -0.1) is 13.2 Å². The molecule has 1 saturated heterocycles. The number of halogens is 3. The Labute approximate surface area is 152 Å². The molecule has 0 radical (unpaired) electrons. The fourth-order valence-electron chi connectivity index (χ4n) is 2.85. The summed E-state index contributed by atoms with van der Waals surface area (Å²) in [6.45, 7) is 2.26. The lowest BCUT2D eigenvalue weighted by molar-refractivity contribution is -0.274. The van der Waals surface area contributed by atoms with Crippen LogP contribution < -0.4 is 15.1 Å². The van der Waals surface area contributed by atoms with Gasteiger partial charge in [0, 0.05) is 24.6 Å². The fourth-order valence-corrected chi connectivity index (χ4v) is 2.85. The highest BCUT2D eigenvalue weighted by atomic mass is 19.4. The molecule has 27 heavy (non-hydrogen) atoms. The molecule has 0 bridgehead atoms. The normalized spacial score (nSPS) is 17.0. The lowest BCUT2D eigenvalue weighted by Crippen LogP contribution is -2.31. The first kappa shape index (κ1) is 18.8. The molecule has 144 valence electrons. The van der Waals surface area contributed by atoms with Crippen molar-refractivity contribution in [2.24, 2.45) is 0 Å². The number of rotatable bonds is 4. The van der Waals surface area contributed by atoms with Gasteiger partial charge in [-0.25, -0.2) is 4.79 Å². The van der Waals surface area contributed by atoms with Crippen molar-refractivity contribution in [3.05, 3.63) is 58.1 Å². The van der Waals surface area contributed by atoms with Crippen molar-refractivity contribution < 1.29 is 31.9 Å². The van der Waals surface area contributed by atoms with Gasteiger partial charge in [-0.2, -0.15) is 0 Å². The highest BCUT2D eigenvalue weighted by Crippen LogP contribution is 2.25. The van der Waals surface area contributed by atoms with E-state index in [1.165, 1.54) is 23.1 Å². The summed E-state index contributed by atoms with van der Waals surface area (Å²) in [7, 11) is 0. The Morgan fingerprint density at radius 1 is 1.22 bits per heavy atom. The molecule has 0 unspecified atom stereocenters. The van der Waals surface area contributed by atoms with Gasteiger partial charge in [0.15, 0.2) is 0 Å². The van der Waals surface area contributed by atoms with Gasteiger partial charge in [-0.1, -0.05) is 6.07 Å². The number of hydrogen-bond donors (Lipinski definition) is 0. The zero-order valence-electron chi connectivity index (χ0n) is 14.3. The molecule has 1 aromatic carbocycles. The second-order valence-corrected chi connectivity index (χ2v) is 6.08. The third-order valence-corrected chi connectivity index (χ3v) is 3.92. The molecule has 0 spiro atoms. The van der Waals surface area contributed by atoms with E-state index >= 15 is 0 Å². The number of amides is 1. The van der Waals surface area contributed by atoms with Crippen molar-refractivity contribution in [2.45, 2.75) is 25.8 Å². The number of hydrogen-bond acceptors (Lipinski definition) is 5. The smallest absolute Gasteiger partial charge is 0.488 e. The average molecular weight is 383 g/mol. The van der Waals surface area contributed by atoms with E-state index in [1.807, 2.05) is 0 Å². The van der Waals surface area contributed by atoms with Gasteiger partial charge in [0.25, 0.3) is 5.91 Å². The van der Waals surface area contributed by atoms with E-state index in [4.69, 9.17) is 9.15 Å². The maximum atomic E-state index is 12.5. The van der Waals surface area contributed by atoms with Gasteiger partial charge in [-0.05, 0) is 25.1 Å². The minimum atomic E-state index is -4.82. The molecule has 6 nitrogen and oxygen atoms in total. The fraction of sp³-hybridized carbons (Fsp3) is 0.333. The molecule has 2 heterocycles. The number of likely N-dealkylation sites (tertiary alicyclic amines) is 1. The molecular formula is C18H16F3NO5. The van der Waals surface area contributed by atoms with E-state index in [1.54, 1.807) is 13.0 Å². The van der Waals surface area contributed by atoms with Gasteiger partial charge in [0.1, 0.15) is 23.4 Å². The number of carbonyl (C=O) groups is 1. The molecule has 0 aliphatic carbocycles. The molecule has 2 aromatic rings. The Bertz CT molecular complexity index is 893. The van der Waals surface area contributed by atoms with Gasteiger partial charge >= 0.3 is 12.0 Å². The Morgan fingerprint density at radius 3 is 2.70 bits per heavy atom. The van der Waals surface area contributed by atoms with E-state index < -0.39 is 23.6 Å². The second-order valence-electron chi connectivity index (χ2n) is 6.08. The van der Waals surface area contributed by atoms with Crippen LogP contribution in [0.2, 0.25) is 0 Å². The quantitative estimate of drug-likeness (QED) is 0.811. The third-order valence-electron chi connectivity index (χ3n) is 3.92. The van der Waals surface area contributed by atoms with Crippen molar-refractivity contribution in [1.82, 2.24) is 4.90 Å². The number of aryl methyl sites for hydroxylation is 1. The monoisotopic (exact) mass is 383 g/mol. The van der Waals surface area contributed by atoms with Crippen molar-refractivity contribution in [3.8, 4) is 11.5 Å². The number of benzene rings is 1. The molecule has 1 atom stereocenters. The van der Waals surface area contributed by atoms with Crippen LogP contribution in [0.25, 0.3) is 0 Å². The van der Waals surface area contributed by atoms with Crippen LogP contribution in [0.4, 0.5) is 13.2 Å². The molecule has 0 saturated carbocycles. The predicted molar refractivity (Wildman–Crippen MR) is 87.8 cm³/mol. The van der Waals surface area contributed by atoms with Crippen LogP contribution in [0, 0.1) is 6.92 Å². The van der Waals surface area contributed by atoms with Crippen LogP contribution in [0.3, 0.4) is 0 Å².